The van der Waals surface area contributed by atoms with Crippen LogP contribution in [-0.4, -0.2) is 5.11 Å². The summed E-state index contributed by atoms with van der Waals surface area (Å²) in [5.41, 5.74) is 2.72. The second kappa shape index (κ2) is 3.67. The molecule has 0 fully saturated rings. The summed E-state index contributed by atoms with van der Waals surface area (Å²) < 4.78 is 5.77. The largest absolute Gasteiger partial charge is 0.508 e. The van der Waals surface area contributed by atoms with Gasteiger partial charge in [-0.25, -0.2) is 0 Å². The van der Waals surface area contributed by atoms with Crippen molar-refractivity contribution in [2.75, 3.05) is 0 Å². The van der Waals surface area contributed by atoms with Crippen molar-refractivity contribution in [1.29, 1.82) is 0 Å². The van der Waals surface area contributed by atoms with Crippen LogP contribution in [0.5, 0.6) is 5.75 Å². The molecular formula is C15H12O2. The molecular weight excluding hydrogens is 212 g/mol. The summed E-state index contributed by atoms with van der Waals surface area (Å²) in [5.74, 6) is 1.14. The Kier molecular flexibility index (Phi) is 2.15. The molecule has 2 aromatic carbocycles. The average molecular weight is 224 g/mol. The van der Waals surface area contributed by atoms with Crippen LogP contribution in [0.25, 0.3) is 22.3 Å². The molecule has 1 N–H and O–H groups in total. The van der Waals surface area contributed by atoms with Gasteiger partial charge < -0.3 is 9.52 Å². The lowest BCUT2D eigenvalue weighted by molar-refractivity contribution is 0.471. The molecule has 1 heterocycles. The summed E-state index contributed by atoms with van der Waals surface area (Å²) in [6.07, 6.45) is 0. The van der Waals surface area contributed by atoms with E-state index in [0.717, 1.165) is 27.9 Å². The van der Waals surface area contributed by atoms with E-state index in [1.54, 1.807) is 6.07 Å². The van der Waals surface area contributed by atoms with Gasteiger partial charge in [0.15, 0.2) is 0 Å². The van der Waals surface area contributed by atoms with Crippen LogP contribution in [0, 0.1) is 6.92 Å². The van der Waals surface area contributed by atoms with Gasteiger partial charge in [0.05, 0.1) is 0 Å². The number of hydrogen-bond acceptors (Lipinski definition) is 2. The average Bonchev–Trinajstić information content (AvgIpc) is 2.76. The first-order chi connectivity index (χ1) is 8.24. The van der Waals surface area contributed by atoms with E-state index >= 15 is 0 Å². The number of aromatic hydroxyl groups is 1. The Morgan fingerprint density at radius 1 is 1.00 bits per heavy atom. The molecule has 0 unspecified atom stereocenters. The fraction of sp³-hybridized carbons (Fsp3) is 0.0667. The number of aryl methyl sites for hydroxylation is 1. The number of hydrogen-bond donors (Lipinski definition) is 1. The number of rotatable bonds is 1. The lowest BCUT2D eigenvalue weighted by Crippen LogP contribution is -1.77. The van der Waals surface area contributed by atoms with Crippen molar-refractivity contribution in [1.82, 2.24) is 0 Å². The number of phenolic OH excluding ortho intramolecular Hbond substituents is 1. The van der Waals surface area contributed by atoms with Gasteiger partial charge in [-0.2, -0.15) is 0 Å². The van der Waals surface area contributed by atoms with Gasteiger partial charge in [-0.3, -0.25) is 0 Å². The number of fused-ring (bicyclic) bond motifs is 1. The van der Waals surface area contributed by atoms with E-state index in [1.807, 2.05) is 49.4 Å². The van der Waals surface area contributed by atoms with Crippen LogP contribution in [0.2, 0.25) is 0 Å². The smallest absolute Gasteiger partial charge is 0.135 e. The Hall–Kier alpha value is -2.22. The van der Waals surface area contributed by atoms with E-state index in [0.29, 0.717) is 5.75 Å². The van der Waals surface area contributed by atoms with Crippen LogP contribution in [0.1, 0.15) is 5.56 Å². The Bertz CT molecular complexity index is 647. The fourth-order valence-corrected chi connectivity index (χ4v) is 1.93. The molecule has 2 heteroatoms. The summed E-state index contributed by atoms with van der Waals surface area (Å²) in [5, 5.41) is 10.6. The molecule has 0 saturated heterocycles. The zero-order valence-electron chi connectivity index (χ0n) is 9.47. The maximum atomic E-state index is 9.50. The highest BCUT2D eigenvalue weighted by Gasteiger charge is 2.06. The molecule has 3 aromatic rings. The van der Waals surface area contributed by atoms with Gasteiger partial charge in [0, 0.05) is 10.9 Å². The van der Waals surface area contributed by atoms with Crippen LogP contribution in [0.4, 0.5) is 0 Å². The molecule has 2 nitrogen and oxygen atoms in total. The van der Waals surface area contributed by atoms with Gasteiger partial charge in [-0.1, -0.05) is 18.2 Å². The molecule has 0 aliphatic heterocycles. The van der Waals surface area contributed by atoms with Gasteiger partial charge in [0.25, 0.3) is 0 Å². The zero-order valence-corrected chi connectivity index (χ0v) is 9.47. The quantitative estimate of drug-likeness (QED) is 0.674. The molecule has 0 atom stereocenters. The van der Waals surface area contributed by atoms with E-state index in [1.165, 1.54) is 0 Å². The maximum absolute atomic E-state index is 9.50. The second-order valence-electron chi connectivity index (χ2n) is 4.15. The second-order valence-corrected chi connectivity index (χ2v) is 4.15. The van der Waals surface area contributed by atoms with E-state index in [2.05, 4.69) is 0 Å². The Morgan fingerprint density at radius 3 is 2.59 bits per heavy atom. The highest BCUT2D eigenvalue weighted by Crippen LogP contribution is 2.30. The van der Waals surface area contributed by atoms with Crippen molar-refractivity contribution in [3.8, 4) is 17.1 Å². The fourth-order valence-electron chi connectivity index (χ4n) is 1.93. The SMILES string of the molecule is Cc1cc(-c2cc3ccccc3o2)ccc1O. The lowest BCUT2D eigenvalue weighted by Gasteiger charge is -2.00. The summed E-state index contributed by atoms with van der Waals surface area (Å²) in [6, 6.07) is 15.4. The molecule has 17 heavy (non-hydrogen) atoms. The third-order valence-corrected chi connectivity index (χ3v) is 2.91. The molecule has 0 bridgehead atoms. The third kappa shape index (κ3) is 1.68. The minimum atomic E-state index is 0.310. The van der Waals surface area contributed by atoms with Gasteiger partial charge in [-0.15, -0.1) is 0 Å². The number of para-hydroxylation sites is 1. The third-order valence-electron chi connectivity index (χ3n) is 2.91. The molecule has 0 saturated carbocycles. The minimum Gasteiger partial charge on any atom is -0.508 e. The van der Waals surface area contributed by atoms with Crippen LogP contribution in [0.15, 0.2) is 52.9 Å². The summed E-state index contributed by atoms with van der Waals surface area (Å²) >= 11 is 0. The number of furan rings is 1. The first-order valence-corrected chi connectivity index (χ1v) is 5.52. The minimum absolute atomic E-state index is 0.310. The van der Waals surface area contributed by atoms with Crippen molar-refractivity contribution >= 4 is 11.0 Å². The van der Waals surface area contributed by atoms with Gasteiger partial charge in [0.1, 0.15) is 17.1 Å². The molecule has 0 spiro atoms. The number of phenols is 1. The predicted octanol–water partition coefficient (Wildman–Crippen LogP) is 4.11. The molecule has 0 amide bonds. The standard InChI is InChI=1S/C15H12O2/c1-10-8-12(6-7-13(10)16)15-9-11-4-2-3-5-14(11)17-15/h2-9,16H,1H3. The molecule has 84 valence electrons. The Morgan fingerprint density at radius 2 is 1.82 bits per heavy atom. The Balaban J connectivity index is 2.17. The first-order valence-electron chi connectivity index (χ1n) is 5.52. The van der Waals surface area contributed by atoms with Crippen LogP contribution in [-0.2, 0) is 0 Å². The highest BCUT2D eigenvalue weighted by molar-refractivity contribution is 5.82. The van der Waals surface area contributed by atoms with Crippen LogP contribution in [0.3, 0.4) is 0 Å². The monoisotopic (exact) mass is 224 g/mol. The van der Waals surface area contributed by atoms with Gasteiger partial charge in [-0.05, 0) is 42.8 Å². The van der Waals surface area contributed by atoms with Gasteiger partial charge >= 0.3 is 0 Å². The molecule has 3 rings (SSSR count). The van der Waals surface area contributed by atoms with Crippen molar-refractivity contribution in [2.45, 2.75) is 6.92 Å². The zero-order chi connectivity index (χ0) is 11.8. The van der Waals surface area contributed by atoms with Crippen LogP contribution >= 0.6 is 0 Å². The molecule has 0 aliphatic carbocycles. The molecule has 0 radical (unpaired) electrons. The van der Waals surface area contributed by atoms with E-state index < -0.39 is 0 Å². The highest BCUT2D eigenvalue weighted by atomic mass is 16.3. The van der Waals surface area contributed by atoms with E-state index in [4.69, 9.17) is 4.42 Å². The summed E-state index contributed by atoms with van der Waals surface area (Å²) in [6.45, 7) is 1.88. The normalized spacial score (nSPS) is 10.9. The molecule has 0 aliphatic rings. The predicted molar refractivity (Wildman–Crippen MR) is 68.1 cm³/mol. The summed E-state index contributed by atoms with van der Waals surface area (Å²) in [4.78, 5) is 0. The number of benzene rings is 2. The van der Waals surface area contributed by atoms with Crippen molar-refractivity contribution in [2.24, 2.45) is 0 Å². The maximum Gasteiger partial charge on any atom is 0.135 e. The van der Waals surface area contributed by atoms with E-state index in [-0.39, 0.29) is 0 Å². The van der Waals surface area contributed by atoms with E-state index in [9.17, 15) is 5.11 Å². The van der Waals surface area contributed by atoms with Crippen molar-refractivity contribution < 1.29 is 9.52 Å². The van der Waals surface area contributed by atoms with Gasteiger partial charge in [0.2, 0.25) is 0 Å². The summed E-state index contributed by atoms with van der Waals surface area (Å²) in [7, 11) is 0. The first kappa shape index (κ1) is 9.97. The molecule has 1 aromatic heterocycles. The van der Waals surface area contributed by atoms with Crippen molar-refractivity contribution in [3.05, 3.63) is 54.1 Å². The lowest BCUT2D eigenvalue weighted by atomic mass is 10.1. The topological polar surface area (TPSA) is 33.4 Å². The van der Waals surface area contributed by atoms with Crippen molar-refractivity contribution in [3.63, 3.8) is 0 Å². The van der Waals surface area contributed by atoms with Crippen LogP contribution < -0.4 is 0 Å². The Labute approximate surface area is 99.1 Å².